The lowest BCUT2D eigenvalue weighted by Gasteiger charge is -2.28. The molecule has 0 aromatic heterocycles. The molecule has 0 radical (unpaired) electrons. The average molecular weight is 310 g/mol. The van der Waals surface area contributed by atoms with E-state index in [0.717, 1.165) is 30.9 Å². The van der Waals surface area contributed by atoms with Crippen LogP contribution in [0.15, 0.2) is 23.4 Å². The number of nitrogens with one attached hydrogen (secondary N) is 1. The van der Waals surface area contributed by atoms with Gasteiger partial charge in [-0.3, -0.25) is 0 Å². The van der Waals surface area contributed by atoms with Gasteiger partial charge >= 0.3 is 0 Å². The lowest BCUT2D eigenvalue weighted by atomic mass is 9.78. The first-order valence-electron chi connectivity index (χ1n) is 8.05. The second kappa shape index (κ2) is 8.11. The molecule has 1 aromatic rings. The van der Waals surface area contributed by atoms with E-state index in [4.69, 9.17) is 5.21 Å². The zero-order valence-electron chi connectivity index (χ0n) is 13.0. The number of hydrogen-bond donors (Lipinski definition) is 2. The number of oxime groups is 1. The second-order valence-corrected chi connectivity index (χ2v) is 6.18. The van der Waals surface area contributed by atoms with Crippen LogP contribution in [0.2, 0.25) is 0 Å². The van der Waals surface area contributed by atoms with Gasteiger partial charge in [-0.25, -0.2) is 8.78 Å². The van der Waals surface area contributed by atoms with Crippen molar-refractivity contribution in [2.75, 3.05) is 5.32 Å². The lowest BCUT2D eigenvalue weighted by molar-refractivity contribution is 0.263. The molecule has 1 aliphatic rings. The molecule has 1 fully saturated rings. The first-order valence-corrected chi connectivity index (χ1v) is 8.05. The zero-order valence-corrected chi connectivity index (χ0v) is 13.0. The molecule has 0 heterocycles. The largest absolute Gasteiger partial charge is 0.409 e. The van der Waals surface area contributed by atoms with Crippen molar-refractivity contribution in [1.29, 1.82) is 0 Å². The molecule has 0 aliphatic heterocycles. The standard InChI is InChI=1S/C17H24F2N2O/c1-2-3-12-4-6-13(7-5-12)10-17(21-22)20-14-8-9-15(18)16(19)11-14/h8-9,11-13,22H,2-7,10H2,1H3,(H,20,21). The summed E-state index contributed by atoms with van der Waals surface area (Å²) in [7, 11) is 0. The van der Waals surface area contributed by atoms with Gasteiger partial charge in [0.1, 0.15) is 5.84 Å². The van der Waals surface area contributed by atoms with Gasteiger partial charge in [-0.1, -0.05) is 37.8 Å². The molecule has 122 valence electrons. The lowest BCUT2D eigenvalue weighted by Crippen LogP contribution is -2.21. The van der Waals surface area contributed by atoms with Crippen molar-refractivity contribution < 1.29 is 14.0 Å². The van der Waals surface area contributed by atoms with E-state index in [1.165, 1.54) is 31.7 Å². The van der Waals surface area contributed by atoms with E-state index in [-0.39, 0.29) is 0 Å². The van der Waals surface area contributed by atoms with Gasteiger partial charge in [0.25, 0.3) is 0 Å². The summed E-state index contributed by atoms with van der Waals surface area (Å²) in [4.78, 5) is 0. The highest BCUT2D eigenvalue weighted by atomic mass is 19.2. The number of amidine groups is 1. The smallest absolute Gasteiger partial charge is 0.160 e. The fourth-order valence-electron chi connectivity index (χ4n) is 3.26. The zero-order chi connectivity index (χ0) is 15.9. The average Bonchev–Trinajstić information content (AvgIpc) is 2.52. The van der Waals surface area contributed by atoms with E-state index >= 15 is 0 Å². The van der Waals surface area contributed by atoms with E-state index in [9.17, 15) is 8.78 Å². The molecule has 0 bridgehead atoms. The van der Waals surface area contributed by atoms with E-state index in [1.807, 2.05) is 0 Å². The molecule has 5 heteroatoms. The summed E-state index contributed by atoms with van der Waals surface area (Å²) in [5, 5.41) is 15.3. The Bertz CT molecular complexity index is 511. The Morgan fingerprint density at radius 1 is 1.18 bits per heavy atom. The third-order valence-corrected chi connectivity index (χ3v) is 4.47. The second-order valence-electron chi connectivity index (χ2n) is 6.18. The Kier molecular flexibility index (Phi) is 6.16. The maximum absolute atomic E-state index is 13.2. The molecule has 0 saturated heterocycles. The molecule has 0 atom stereocenters. The van der Waals surface area contributed by atoms with Gasteiger partial charge in [0.2, 0.25) is 0 Å². The summed E-state index contributed by atoms with van der Waals surface area (Å²) in [5.41, 5.74) is 0.395. The first-order chi connectivity index (χ1) is 10.6. The number of rotatable bonds is 5. The predicted molar refractivity (Wildman–Crippen MR) is 84.2 cm³/mol. The summed E-state index contributed by atoms with van der Waals surface area (Å²) in [6, 6.07) is 3.56. The van der Waals surface area contributed by atoms with Gasteiger partial charge in [0.05, 0.1) is 0 Å². The molecule has 1 aromatic carbocycles. The van der Waals surface area contributed by atoms with E-state index in [0.29, 0.717) is 23.9 Å². The van der Waals surface area contributed by atoms with E-state index in [1.54, 1.807) is 0 Å². The van der Waals surface area contributed by atoms with Crippen LogP contribution in [0.4, 0.5) is 14.5 Å². The van der Waals surface area contributed by atoms with Crippen LogP contribution in [0.25, 0.3) is 0 Å². The van der Waals surface area contributed by atoms with Crippen LogP contribution in [0.1, 0.15) is 51.9 Å². The summed E-state index contributed by atoms with van der Waals surface area (Å²) in [6.07, 6.45) is 7.86. The highest BCUT2D eigenvalue weighted by molar-refractivity contribution is 5.95. The summed E-state index contributed by atoms with van der Waals surface area (Å²) in [5.74, 6) is -0.0821. The van der Waals surface area contributed by atoms with Crippen LogP contribution < -0.4 is 5.32 Å². The maximum Gasteiger partial charge on any atom is 0.160 e. The van der Waals surface area contributed by atoms with Crippen molar-refractivity contribution in [3.05, 3.63) is 29.8 Å². The van der Waals surface area contributed by atoms with Crippen LogP contribution in [-0.4, -0.2) is 11.0 Å². The molecule has 1 aliphatic carbocycles. The quantitative estimate of drug-likeness (QED) is 0.341. The number of halogens is 2. The number of nitrogens with zero attached hydrogens (tertiary/aromatic N) is 1. The SMILES string of the molecule is CCCC1CCC(C/C(=N/O)Nc2ccc(F)c(F)c2)CC1. The molecular formula is C17H24F2N2O. The third kappa shape index (κ3) is 4.68. The van der Waals surface area contributed by atoms with Crippen LogP contribution >= 0.6 is 0 Å². The van der Waals surface area contributed by atoms with Gasteiger partial charge in [0.15, 0.2) is 11.6 Å². The first kappa shape index (κ1) is 16.7. The van der Waals surface area contributed by atoms with Crippen molar-refractivity contribution in [3.63, 3.8) is 0 Å². The van der Waals surface area contributed by atoms with Crippen LogP contribution in [-0.2, 0) is 0 Å². The highest BCUT2D eigenvalue weighted by Crippen LogP contribution is 2.33. The van der Waals surface area contributed by atoms with Gasteiger partial charge in [-0.2, -0.15) is 0 Å². The molecule has 0 amide bonds. The predicted octanol–water partition coefficient (Wildman–Crippen LogP) is 5.16. The van der Waals surface area contributed by atoms with Crippen LogP contribution in [0.5, 0.6) is 0 Å². The minimum Gasteiger partial charge on any atom is -0.409 e. The van der Waals surface area contributed by atoms with Crippen molar-refractivity contribution in [2.45, 2.75) is 51.9 Å². The fraction of sp³-hybridized carbons (Fsp3) is 0.588. The number of benzene rings is 1. The molecule has 0 spiro atoms. The number of hydrogen-bond acceptors (Lipinski definition) is 2. The third-order valence-electron chi connectivity index (χ3n) is 4.47. The summed E-state index contributed by atoms with van der Waals surface area (Å²) in [6.45, 7) is 2.22. The van der Waals surface area contributed by atoms with Gasteiger partial charge in [-0.05, 0) is 36.8 Å². The Morgan fingerprint density at radius 2 is 1.86 bits per heavy atom. The maximum atomic E-state index is 13.2. The normalized spacial score (nSPS) is 22.6. The summed E-state index contributed by atoms with van der Waals surface area (Å²) >= 11 is 0. The Balaban J connectivity index is 1.86. The van der Waals surface area contributed by atoms with E-state index < -0.39 is 11.6 Å². The monoisotopic (exact) mass is 310 g/mol. The Hall–Kier alpha value is -1.65. The summed E-state index contributed by atoms with van der Waals surface area (Å²) < 4.78 is 26.1. The minimum absolute atomic E-state index is 0.395. The van der Waals surface area contributed by atoms with Gasteiger partial charge < -0.3 is 10.5 Å². The molecule has 3 nitrogen and oxygen atoms in total. The minimum atomic E-state index is -0.914. The highest BCUT2D eigenvalue weighted by Gasteiger charge is 2.22. The fourth-order valence-corrected chi connectivity index (χ4v) is 3.26. The molecule has 2 rings (SSSR count). The van der Waals surface area contributed by atoms with Gasteiger partial charge in [0, 0.05) is 18.2 Å². The van der Waals surface area contributed by atoms with Crippen molar-refractivity contribution in [3.8, 4) is 0 Å². The van der Waals surface area contributed by atoms with Crippen molar-refractivity contribution in [1.82, 2.24) is 0 Å². The van der Waals surface area contributed by atoms with Crippen molar-refractivity contribution in [2.24, 2.45) is 17.0 Å². The molecule has 22 heavy (non-hydrogen) atoms. The van der Waals surface area contributed by atoms with Crippen molar-refractivity contribution >= 4 is 11.5 Å². The van der Waals surface area contributed by atoms with Crippen LogP contribution in [0.3, 0.4) is 0 Å². The molecule has 2 N–H and O–H groups in total. The Labute approximate surface area is 130 Å². The molecule has 0 unspecified atom stereocenters. The molecular weight excluding hydrogens is 286 g/mol. The number of anilines is 1. The molecule has 1 saturated carbocycles. The van der Waals surface area contributed by atoms with E-state index in [2.05, 4.69) is 17.4 Å². The topological polar surface area (TPSA) is 44.6 Å². The van der Waals surface area contributed by atoms with Crippen LogP contribution in [0, 0.1) is 23.5 Å². The van der Waals surface area contributed by atoms with Gasteiger partial charge in [-0.15, -0.1) is 0 Å². The Morgan fingerprint density at radius 3 is 2.45 bits per heavy atom.